The molecule has 1 saturated carbocycles. The number of ether oxygens (including phenoxy) is 1. The molecule has 2 fully saturated rings. The number of likely N-dealkylation sites (N-methyl/N-ethyl adjacent to an activating group) is 1. The first-order chi connectivity index (χ1) is 15.7. The summed E-state index contributed by atoms with van der Waals surface area (Å²) in [5.74, 6) is 0.344. The summed E-state index contributed by atoms with van der Waals surface area (Å²) in [6.07, 6.45) is 9.69. The number of rotatable bonds is 3. The monoisotopic (exact) mass is 449 g/mol. The number of aliphatic hydroxyl groups is 3. The average Bonchev–Trinajstić information content (AvgIpc) is 3.32. The van der Waals surface area contributed by atoms with Gasteiger partial charge in [0, 0.05) is 17.4 Å². The van der Waals surface area contributed by atoms with Gasteiger partial charge in [0.25, 0.3) is 0 Å². The molecule has 2 heterocycles. The molecular formula is C28H35NO4. The molecule has 0 aromatic heterocycles. The highest BCUT2D eigenvalue weighted by atomic mass is 16.5. The molecule has 1 saturated heterocycles. The molecule has 5 heteroatoms. The van der Waals surface area contributed by atoms with Gasteiger partial charge in [-0.3, -0.25) is 0 Å². The van der Waals surface area contributed by atoms with Crippen molar-refractivity contribution in [1.29, 1.82) is 0 Å². The quantitative estimate of drug-likeness (QED) is 0.661. The van der Waals surface area contributed by atoms with E-state index in [2.05, 4.69) is 37.3 Å². The third kappa shape index (κ3) is 2.77. The van der Waals surface area contributed by atoms with E-state index >= 15 is 0 Å². The molecule has 3 N–H and O–H groups in total. The molecule has 2 spiro atoms. The van der Waals surface area contributed by atoms with Crippen molar-refractivity contribution >= 4 is 5.57 Å². The van der Waals surface area contributed by atoms with Gasteiger partial charge in [0.1, 0.15) is 6.10 Å². The molecule has 5 aliphatic rings. The summed E-state index contributed by atoms with van der Waals surface area (Å²) in [6.45, 7) is 2.45. The number of aliphatic hydroxyl groups excluding tert-OH is 3. The second-order valence-corrected chi connectivity index (χ2v) is 11.3. The maximum absolute atomic E-state index is 11.1. The van der Waals surface area contributed by atoms with Crippen molar-refractivity contribution in [2.45, 2.75) is 75.1 Å². The van der Waals surface area contributed by atoms with Crippen LogP contribution in [0.1, 0.15) is 50.2 Å². The van der Waals surface area contributed by atoms with E-state index in [1.807, 2.05) is 31.1 Å². The summed E-state index contributed by atoms with van der Waals surface area (Å²) in [4.78, 5) is 2.02. The van der Waals surface area contributed by atoms with Gasteiger partial charge in [-0.25, -0.2) is 0 Å². The van der Waals surface area contributed by atoms with E-state index in [1.54, 1.807) is 0 Å². The van der Waals surface area contributed by atoms with Crippen molar-refractivity contribution in [3.05, 3.63) is 64.8 Å². The molecule has 176 valence electrons. The Balaban J connectivity index is 1.40. The number of nitrogens with zero attached hydrogens (tertiary/aromatic N) is 1. The standard InChI is InChI=1S/C28H35NO4/c1-26-11-10-19-14-21-24(31)25(32)22(29(2)3)15-27(21)12-13-28(19,33-27)23(26)9-8-20(26)18-6-4-17(16-30)5-7-18/h4-8,10,14,22-25,30-32H,9,11-13,15-16H2,1-3H3. The molecule has 33 heavy (non-hydrogen) atoms. The van der Waals surface area contributed by atoms with Crippen molar-refractivity contribution in [1.82, 2.24) is 4.90 Å². The van der Waals surface area contributed by atoms with E-state index in [4.69, 9.17) is 4.74 Å². The third-order valence-electron chi connectivity index (χ3n) is 9.54. The average molecular weight is 450 g/mol. The van der Waals surface area contributed by atoms with Gasteiger partial charge in [0.15, 0.2) is 0 Å². The molecule has 2 aliphatic heterocycles. The summed E-state index contributed by atoms with van der Waals surface area (Å²) < 4.78 is 7.18. The van der Waals surface area contributed by atoms with Gasteiger partial charge in [-0.05, 0) is 74.0 Å². The van der Waals surface area contributed by atoms with Crippen LogP contribution >= 0.6 is 0 Å². The molecular weight excluding hydrogens is 414 g/mol. The molecule has 0 amide bonds. The maximum Gasteiger partial charge on any atom is 0.105 e. The van der Waals surface area contributed by atoms with Gasteiger partial charge >= 0.3 is 0 Å². The fourth-order valence-corrected chi connectivity index (χ4v) is 7.73. The van der Waals surface area contributed by atoms with E-state index in [0.717, 1.165) is 36.8 Å². The van der Waals surface area contributed by atoms with Gasteiger partial charge in [-0.1, -0.05) is 49.4 Å². The maximum atomic E-state index is 11.1. The lowest BCUT2D eigenvalue weighted by atomic mass is 9.58. The predicted molar refractivity (Wildman–Crippen MR) is 127 cm³/mol. The van der Waals surface area contributed by atoms with E-state index in [0.29, 0.717) is 12.3 Å². The molecule has 2 bridgehead atoms. The summed E-state index contributed by atoms with van der Waals surface area (Å²) in [5.41, 5.74) is 4.78. The van der Waals surface area contributed by atoms with Crippen LogP contribution in [0, 0.1) is 11.3 Å². The van der Waals surface area contributed by atoms with Crippen LogP contribution in [0.4, 0.5) is 0 Å². The molecule has 7 atom stereocenters. The van der Waals surface area contributed by atoms with Crippen molar-refractivity contribution < 1.29 is 20.1 Å². The molecule has 5 nitrogen and oxygen atoms in total. The zero-order valence-corrected chi connectivity index (χ0v) is 19.8. The van der Waals surface area contributed by atoms with Gasteiger partial charge in [0.2, 0.25) is 0 Å². The number of allylic oxidation sites excluding steroid dienone is 3. The molecule has 1 aromatic rings. The Kier molecular flexibility index (Phi) is 4.70. The highest BCUT2D eigenvalue weighted by Gasteiger charge is 2.67. The van der Waals surface area contributed by atoms with E-state index in [-0.39, 0.29) is 23.7 Å². The minimum absolute atomic E-state index is 0.0190. The molecule has 6 rings (SSSR count). The van der Waals surface area contributed by atoms with Gasteiger partial charge in [0.05, 0.1) is 23.9 Å². The summed E-state index contributed by atoms with van der Waals surface area (Å²) in [6, 6.07) is 8.18. The molecule has 1 aromatic carbocycles. The molecule has 7 unspecified atom stereocenters. The minimum atomic E-state index is -0.890. The normalized spacial score (nSPS) is 43.4. The molecule has 0 radical (unpaired) electrons. The third-order valence-corrected chi connectivity index (χ3v) is 9.54. The first-order valence-electron chi connectivity index (χ1n) is 12.3. The Labute approximate surface area is 196 Å². The van der Waals surface area contributed by atoms with Crippen LogP contribution in [0.5, 0.6) is 0 Å². The van der Waals surface area contributed by atoms with Crippen molar-refractivity contribution in [2.75, 3.05) is 14.1 Å². The SMILES string of the molecule is CN(C)C1CC23CCC4(O2)C(=CCC2(C)C(c5ccc(CO)cc5)=CCC24)C=C3C(O)C1O. The Hall–Kier alpha value is -1.76. The minimum Gasteiger partial charge on any atom is -0.392 e. The van der Waals surface area contributed by atoms with Crippen LogP contribution in [-0.2, 0) is 11.3 Å². The second kappa shape index (κ2) is 7.12. The first-order valence-corrected chi connectivity index (χ1v) is 12.3. The van der Waals surface area contributed by atoms with E-state index < -0.39 is 17.8 Å². The highest BCUT2D eigenvalue weighted by molar-refractivity contribution is 5.74. The topological polar surface area (TPSA) is 73.2 Å². The van der Waals surface area contributed by atoms with Gasteiger partial charge in [-0.15, -0.1) is 0 Å². The fourth-order valence-electron chi connectivity index (χ4n) is 7.73. The van der Waals surface area contributed by atoms with E-state index in [9.17, 15) is 15.3 Å². The second-order valence-electron chi connectivity index (χ2n) is 11.3. The van der Waals surface area contributed by atoms with Crippen molar-refractivity contribution in [2.24, 2.45) is 11.3 Å². The van der Waals surface area contributed by atoms with Crippen LogP contribution < -0.4 is 0 Å². The van der Waals surface area contributed by atoms with Crippen LogP contribution in [0.2, 0.25) is 0 Å². The smallest absolute Gasteiger partial charge is 0.105 e. The zero-order chi connectivity index (χ0) is 23.2. The summed E-state index contributed by atoms with van der Waals surface area (Å²) >= 11 is 0. The Morgan fingerprint density at radius 2 is 1.85 bits per heavy atom. The molecule has 3 aliphatic carbocycles. The van der Waals surface area contributed by atoms with Gasteiger partial charge in [-0.2, -0.15) is 0 Å². The Morgan fingerprint density at radius 3 is 2.55 bits per heavy atom. The van der Waals surface area contributed by atoms with Crippen LogP contribution in [0.25, 0.3) is 5.57 Å². The highest BCUT2D eigenvalue weighted by Crippen LogP contribution is 2.67. The Bertz CT molecular complexity index is 1070. The number of hydrogen-bond acceptors (Lipinski definition) is 5. The lowest BCUT2D eigenvalue weighted by molar-refractivity contribution is -0.161. The Morgan fingerprint density at radius 1 is 1.09 bits per heavy atom. The zero-order valence-electron chi connectivity index (χ0n) is 19.8. The lowest BCUT2D eigenvalue weighted by Gasteiger charge is -2.55. The predicted octanol–water partition coefficient (Wildman–Crippen LogP) is 3.20. The van der Waals surface area contributed by atoms with E-state index in [1.165, 1.54) is 16.7 Å². The number of hydrogen-bond donors (Lipinski definition) is 3. The van der Waals surface area contributed by atoms with Crippen LogP contribution in [-0.4, -0.2) is 63.8 Å². The lowest BCUT2D eigenvalue weighted by Crippen LogP contribution is -2.61. The largest absolute Gasteiger partial charge is 0.392 e. The summed E-state index contributed by atoms with van der Waals surface area (Å²) in [7, 11) is 3.94. The first kappa shape index (κ1) is 21.8. The van der Waals surface area contributed by atoms with Crippen molar-refractivity contribution in [3.63, 3.8) is 0 Å². The van der Waals surface area contributed by atoms with Crippen LogP contribution in [0.3, 0.4) is 0 Å². The fraction of sp³-hybridized carbons (Fsp3) is 0.571. The number of fused-ring (bicyclic) bond motifs is 1. The van der Waals surface area contributed by atoms with Crippen LogP contribution in [0.15, 0.2) is 53.6 Å². The summed E-state index contributed by atoms with van der Waals surface area (Å²) in [5, 5.41) is 31.3. The van der Waals surface area contributed by atoms with Gasteiger partial charge < -0.3 is 25.0 Å². The van der Waals surface area contributed by atoms with Crippen molar-refractivity contribution in [3.8, 4) is 0 Å². The number of benzene rings is 1.